The third kappa shape index (κ3) is 4.35. The number of hydrogen-bond donors (Lipinski definition) is 0. The van der Waals surface area contributed by atoms with Crippen molar-refractivity contribution in [1.82, 2.24) is 9.80 Å². The standard InChI is InChI=1S/C37H40N2O5/c1-25(40)44-37-20-18-29(38(2)32(41)17-14-26-10-6-4-7-11-26)35-36(37)21-23-39(22-19-27-12-8-5-9-13-27)31(37)24-28-15-16-30(42-3)34(43-35)33(28)36/h4-17,29,31,35H,18-24H2,1-3H3/t29-,31-,35+,36+,37-/m1/s1. The van der Waals surface area contributed by atoms with Crippen molar-refractivity contribution in [3.8, 4) is 11.5 Å². The molecule has 2 aliphatic carbocycles. The largest absolute Gasteiger partial charge is 0.493 e. The quantitative estimate of drug-likeness (QED) is 0.265. The minimum atomic E-state index is -0.774. The van der Waals surface area contributed by atoms with Gasteiger partial charge in [-0.05, 0) is 67.5 Å². The Balaban J connectivity index is 1.29. The van der Waals surface area contributed by atoms with Gasteiger partial charge < -0.3 is 19.1 Å². The van der Waals surface area contributed by atoms with Crippen LogP contribution >= 0.6 is 0 Å². The van der Waals surface area contributed by atoms with E-state index in [0.29, 0.717) is 18.6 Å². The molecule has 3 aromatic rings. The van der Waals surface area contributed by atoms with Gasteiger partial charge in [0.15, 0.2) is 11.5 Å². The number of ether oxygens (including phenoxy) is 3. The molecule has 3 aromatic carbocycles. The molecule has 2 fully saturated rings. The van der Waals surface area contributed by atoms with Gasteiger partial charge in [-0.25, -0.2) is 0 Å². The van der Waals surface area contributed by atoms with Gasteiger partial charge in [-0.3, -0.25) is 14.5 Å². The lowest BCUT2D eigenvalue weighted by Gasteiger charge is -2.65. The van der Waals surface area contributed by atoms with Crippen LogP contribution in [0.15, 0.2) is 78.9 Å². The zero-order chi connectivity index (χ0) is 30.5. The van der Waals surface area contributed by atoms with E-state index in [9.17, 15) is 9.59 Å². The third-order valence-corrected chi connectivity index (χ3v) is 10.6. The summed E-state index contributed by atoms with van der Waals surface area (Å²) >= 11 is 0. The molecule has 1 saturated heterocycles. The number of carbonyl (C=O) groups excluding carboxylic acids is 2. The van der Waals surface area contributed by atoms with Crippen molar-refractivity contribution in [3.05, 3.63) is 101 Å². The molecular weight excluding hydrogens is 552 g/mol. The first-order valence-corrected chi connectivity index (χ1v) is 15.7. The third-order valence-electron chi connectivity index (χ3n) is 10.6. The van der Waals surface area contributed by atoms with Crippen molar-refractivity contribution in [2.24, 2.45) is 0 Å². The lowest BCUT2D eigenvalue weighted by Crippen LogP contribution is -2.79. The Kier molecular flexibility index (Phi) is 7.24. The van der Waals surface area contributed by atoms with Gasteiger partial charge in [-0.15, -0.1) is 0 Å². The van der Waals surface area contributed by atoms with Gasteiger partial charge in [-0.1, -0.05) is 66.7 Å². The van der Waals surface area contributed by atoms with E-state index in [-0.39, 0.29) is 30.1 Å². The molecule has 0 radical (unpaired) electrons. The molecule has 0 unspecified atom stereocenters. The molecule has 2 aliphatic heterocycles. The van der Waals surface area contributed by atoms with Gasteiger partial charge >= 0.3 is 5.97 Å². The summed E-state index contributed by atoms with van der Waals surface area (Å²) in [5, 5.41) is 0. The number of benzene rings is 3. The van der Waals surface area contributed by atoms with Crippen molar-refractivity contribution in [2.45, 2.75) is 68.2 Å². The van der Waals surface area contributed by atoms with Crippen LogP contribution in [0.3, 0.4) is 0 Å². The second-order valence-electron chi connectivity index (χ2n) is 12.7. The molecule has 2 heterocycles. The van der Waals surface area contributed by atoms with E-state index in [0.717, 1.165) is 49.2 Å². The summed E-state index contributed by atoms with van der Waals surface area (Å²) in [6, 6.07) is 24.4. The Morgan fingerprint density at radius 1 is 1.05 bits per heavy atom. The van der Waals surface area contributed by atoms with E-state index in [2.05, 4.69) is 35.2 Å². The first kappa shape index (κ1) is 28.7. The van der Waals surface area contributed by atoms with Crippen LogP contribution in [0.2, 0.25) is 0 Å². The fourth-order valence-electron chi connectivity index (χ4n) is 8.78. The van der Waals surface area contributed by atoms with Gasteiger partial charge in [0.1, 0.15) is 11.7 Å². The second-order valence-corrected chi connectivity index (χ2v) is 12.7. The van der Waals surface area contributed by atoms with E-state index in [4.69, 9.17) is 14.2 Å². The Morgan fingerprint density at radius 3 is 2.52 bits per heavy atom. The van der Waals surface area contributed by atoms with Crippen LogP contribution in [-0.4, -0.2) is 72.7 Å². The maximum Gasteiger partial charge on any atom is 0.303 e. The summed E-state index contributed by atoms with van der Waals surface area (Å²) in [5.41, 5.74) is 3.24. The van der Waals surface area contributed by atoms with E-state index in [1.54, 1.807) is 13.2 Å². The predicted molar refractivity (Wildman–Crippen MR) is 169 cm³/mol. The number of piperidine rings is 1. The molecule has 7 nitrogen and oxygen atoms in total. The number of amides is 1. The average molecular weight is 593 g/mol. The molecule has 0 aromatic heterocycles. The summed E-state index contributed by atoms with van der Waals surface area (Å²) in [4.78, 5) is 31.0. The normalized spacial score (nSPS) is 28.2. The molecule has 44 heavy (non-hydrogen) atoms. The van der Waals surface area contributed by atoms with E-state index >= 15 is 0 Å². The molecule has 4 aliphatic rings. The maximum absolute atomic E-state index is 13.6. The van der Waals surface area contributed by atoms with Crippen LogP contribution in [0, 0.1) is 0 Å². The highest BCUT2D eigenvalue weighted by Gasteiger charge is 2.75. The molecule has 7 rings (SSSR count). The number of carbonyl (C=O) groups is 2. The van der Waals surface area contributed by atoms with E-state index < -0.39 is 11.0 Å². The van der Waals surface area contributed by atoms with Crippen LogP contribution < -0.4 is 9.47 Å². The Labute approximate surface area is 259 Å². The number of rotatable bonds is 8. The lowest BCUT2D eigenvalue weighted by atomic mass is 9.48. The molecular formula is C37H40N2O5. The van der Waals surface area contributed by atoms with Crippen molar-refractivity contribution in [2.75, 3.05) is 27.2 Å². The number of likely N-dealkylation sites (N-methyl/N-ethyl adjacent to an activating group) is 1. The molecule has 1 saturated carbocycles. The fourth-order valence-corrected chi connectivity index (χ4v) is 8.78. The van der Waals surface area contributed by atoms with Crippen LogP contribution in [0.4, 0.5) is 0 Å². The Morgan fingerprint density at radius 2 is 1.80 bits per heavy atom. The minimum Gasteiger partial charge on any atom is -0.493 e. The second kappa shape index (κ2) is 11.1. The highest BCUT2D eigenvalue weighted by atomic mass is 16.6. The summed E-state index contributed by atoms with van der Waals surface area (Å²) in [5.74, 6) is 1.09. The highest BCUT2D eigenvalue weighted by Crippen LogP contribution is 2.67. The van der Waals surface area contributed by atoms with Crippen LogP contribution in [0.1, 0.15) is 48.4 Å². The molecule has 1 spiro atoms. The fraction of sp³-hybridized carbons (Fsp3) is 0.405. The average Bonchev–Trinajstić information content (AvgIpc) is 3.39. The van der Waals surface area contributed by atoms with Crippen molar-refractivity contribution in [1.29, 1.82) is 0 Å². The van der Waals surface area contributed by atoms with Crippen molar-refractivity contribution >= 4 is 18.0 Å². The summed E-state index contributed by atoms with van der Waals surface area (Å²) < 4.78 is 19.4. The maximum atomic E-state index is 13.6. The monoisotopic (exact) mass is 592 g/mol. The number of methoxy groups -OCH3 is 1. The van der Waals surface area contributed by atoms with Crippen LogP contribution in [0.5, 0.6) is 11.5 Å². The van der Waals surface area contributed by atoms with E-state index in [1.165, 1.54) is 18.1 Å². The first-order chi connectivity index (χ1) is 21.4. The first-order valence-electron chi connectivity index (χ1n) is 15.7. The lowest BCUT2D eigenvalue weighted by molar-refractivity contribution is -0.223. The van der Waals surface area contributed by atoms with Gasteiger partial charge in [0.25, 0.3) is 0 Å². The Hall–Kier alpha value is -4.10. The molecule has 7 heteroatoms. The smallest absolute Gasteiger partial charge is 0.303 e. The number of likely N-dealkylation sites (tertiary alicyclic amines) is 1. The minimum absolute atomic E-state index is 0.00161. The number of esters is 1. The van der Waals surface area contributed by atoms with Gasteiger partial charge in [-0.2, -0.15) is 0 Å². The van der Waals surface area contributed by atoms with Crippen molar-refractivity contribution < 1.29 is 23.8 Å². The molecule has 5 atom stereocenters. The summed E-state index contributed by atoms with van der Waals surface area (Å²) in [6.07, 6.45) is 6.90. The number of hydrogen-bond acceptors (Lipinski definition) is 6. The van der Waals surface area contributed by atoms with Gasteiger partial charge in [0.05, 0.1) is 24.6 Å². The zero-order valence-corrected chi connectivity index (χ0v) is 25.7. The predicted octanol–water partition coefficient (Wildman–Crippen LogP) is 5.20. The van der Waals surface area contributed by atoms with Crippen LogP contribution in [-0.2, 0) is 32.6 Å². The molecule has 228 valence electrons. The topological polar surface area (TPSA) is 68.3 Å². The van der Waals surface area contributed by atoms with Gasteiger partial charge in [0.2, 0.25) is 5.91 Å². The van der Waals surface area contributed by atoms with Crippen LogP contribution in [0.25, 0.3) is 6.08 Å². The SMILES string of the molecule is COc1ccc2c3c1O[C@H]1[C@H](N(C)C(=O)C=Cc4ccccc4)CC[C@@]4(OC(C)=O)[C@@H](C2)N(CCc2ccccc2)CC[C@]314. The molecule has 1 amide bonds. The van der Waals surface area contributed by atoms with E-state index in [1.807, 2.05) is 60.5 Å². The zero-order valence-electron chi connectivity index (χ0n) is 25.7. The highest BCUT2D eigenvalue weighted by molar-refractivity contribution is 5.92. The molecule has 2 bridgehead atoms. The van der Waals surface area contributed by atoms with Gasteiger partial charge in [0, 0.05) is 32.2 Å². The molecule has 0 N–H and O–H groups in total. The number of nitrogens with zero attached hydrogens (tertiary/aromatic N) is 2. The van der Waals surface area contributed by atoms with Crippen molar-refractivity contribution in [3.63, 3.8) is 0 Å². The summed E-state index contributed by atoms with van der Waals surface area (Å²) in [7, 11) is 3.54. The summed E-state index contributed by atoms with van der Waals surface area (Å²) in [6.45, 7) is 3.26. The Bertz CT molecular complexity index is 1590.